The normalized spacial score (nSPS) is 26.7. The number of nitrogens with two attached hydrogens (primary N) is 1. The number of amides is 1. The number of nitrogens with zero attached hydrogens (tertiary/aromatic N) is 2. The minimum absolute atomic E-state index is 0.0644. The lowest BCUT2D eigenvalue weighted by molar-refractivity contribution is 0.0673. The van der Waals surface area contributed by atoms with E-state index in [-0.39, 0.29) is 11.4 Å². The van der Waals surface area contributed by atoms with Crippen LogP contribution in [-0.2, 0) is 0 Å². The quantitative estimate of drug-likeness (QED) is 0.891. The number of hydrogen-bond acceptors (Lipinski definition) is 5. The molecule has 20 heavy (non-hydrogen) atoms. The van der Waals surface area contributed by atoms with E-state index in [1.165, 1.54) is 24.2 Å². The topological polar surface area (TPSA) is 71.2 Å². The first-order valence-corrected chi connectivity index (χ1v) is 7.97. The van der Waals surface area contributed by atoms with Gasteiger partial charge in [0.05, 0.1) is 0 Å². The van der Waals surface area contributed by atoms with Crippen LogP contribution in [-0.4, -0.2) is 42.0 Å². The Balaban J connectivity index is 2.00. The molecular formula is C14H24N4OS. The lowest BCUT2D eigenvalue weighted by atomic mass is 9.75. The number of rotatable bonds is 4. The smallest absolute Gasteiger partial charge is 0.270 e. The molecule has 1 aromatic rings. The average Bonchev–Trinajstić information content (AvgIpc) is 2.82. The van der Waals surface area contributed by atoms with Gasteiger partial charge in [0.25, 0.3) is 5.91 Å². The summed E-state index contributed by atoms with van der Waals surface area (Å²) in [7, 11) is 4.20. The van der Waals surface area contributed by atoms with E-state index in [9.17, 15) is 4.79 Å². The second-order valence-corrected chi connectivity index (χ2v) is 6.96. The van der Waals surface area contributed by atoms with E-state index in [1.807, 2.05) is 0 Å². The van der Waals surface area contributed by atoms with Crippen LogP contribution < -0.4 is 11.1 Å². The van der Waals surface area contributed by atoms with Crippen molar-refractivity contribution in [2.45, 2.75) is 38.1 Å². The maximum absolute atomic E-state index is 12.1. The van der Waals surface area contributed by atoms with Crippen molar-refractivity contribution < 1.29 is 4.79 Å². The van der Waals surface area contributed by atoms with Crippen LogP contribution in [0.2, 0.25) is 0 Å². The molecular weight excluding hydrogens is 272 g/mol. The van der Waals surface area contributed by atoms with Gasteiger partial charge in [-0.05, 0) is 32.9 Å². The zero-order valence-electron chi connectivity index (χ0n) is 12.5. The fraction of sp³-hybridized carbons (Fsp3) is 0.714. The van der Waals surface area contributed by atoms with Crippen molar-refractivity contribution in [1.29, 1.82) is 0 Å². The van der Waals surface area contributed by atoms with Crippen molar-refractivity contribution >= 4 is 22.4 Å². The van der Waals surface area contributed by atoms with Gasteiger partial charge in [-0.3, -0.25) is 4.79 Å². The summed E-state index contributed by atoms with van der Waals surface area (Å²) in [5, 5.41) is 5.17. The molecule has 2 atom stereocenters. The lowest BCUT2D eigenvalue weighted by Gasteiger charge is -2.45. The number of carbonyl (C=O) groups is 1. The van der Waals surface area contributed by atoms with E-state index in [1.54, 1.807) is 5.38 Å². The van der Waals surface area contributed by atoms with E-state index in [0.717, 1.165) is 12.8 Å². The van der Waals surface area contributed by atoms with E-state index < -0.39 is 0 Å². The third kappa shape index (κ3) is 3.30. The predicted molar refractivity (Wildman–Crippen MR) is 82.9 cm³/mol. The summed E-state index contributed by atoms with van der Waals surface area (Å²) >= 11 is 1.30. The van der Waals surface area contributed by atoms with E-state index in [2.05, 4.69) is 36.2 Å². The molecule has 1 heterocycles. The van der Waals surface area contributed by atoms with Crippen LogP contribution in [0.3, 0.4) is 0 Å². The summed E-state index contributed by atoms with van der Waals surface area (Å²) in [6.07, 6.45) is 4.76. The number of hydrogen-bond donors (Lipinski definition) is 2. The molecule has 1 fully saturated rings. The summed E-state index contributed by atoms with van der Waals surface area (Å²) in [5.74, 6) is 0.579. The van der Waals surface area contributed by atoms with Crippen LogP contribution in [0, 0.1) is 5.92 Å². The molecule has 2 rings (SSSR count). The first-order valence-electron chi connectivity index (χ1n) is 7.09. The van der Waals surface area contributed by atoms with E-state index >= 15 is 0 Å². The molecule has 1 aliphatic rings. The number of carbonyl (C=O) groups excluding carboxylic acids is 1. The third-order valence-corrected chi connectivity index (χ3v) is 5.02. The maximum atomic E-state index is 12.1. The van der Waals surface area contributed by atoms with Crippen molar-refractivity contribution in [3.8, 4) is 0 Å². The van der Waals surface area contributed by atoms with Crippen molar-refractivity contribution in [3.05, 3.63) is 11.1 Å². The Labute approximate surface area is 124 Å². The lowest BCUT2D eigenvalue weighted by Crippen LogP contribution is -2.55. The maximum Gasteiger partial charge on any atom is 0.270 e. The van der Waals surface area contributed by atoms with Crippen molar-refractivity contribution in [2.75, 3.05) is 26.4 Å². The third-order valence-electron chi connectivity index (χ3n) is 4.35. The van der Waals surface area contributed by atoms with Gasteiger partial charge in [0.1, 0.15) is 5.69 Å². The van der Waals surface area contributed by atoms with Crippen LogP contribution >= 0.6 is 11.3 Å². The molecule has 1 saturated carbocycles. The largest absolute Gasteiger partial charge is 0.375 e. The number of nitrogen functional groups attached to an aromatic ring is 1. The van der Waals surface area contributed by atoms with Gasteiger partial charge in [-0.1, -0.05) is 19.8 Å². The summed E-state index contributed by atoms with van der Waals surface area (Å²) < 4.78 is 0. The van der Waals surface area contributed by atoms with Gasteiger partial charge in [0.15, 0.2) is 5.13 Å². The Bertz CT molecular complexity index is 473. The molecule has 3 N–H and O–H groups in total. The number of thiazole rings is 1. The monoisotopic (exact) mass is 296 g/mol. The van der Waals surface area contributed by atoms with Crippen molar-refractivity contribution in [2.24, 2.45) is 5.92 Å². The highest BCUT2D eigenvalue weighted by atomic mass is 32.1. The van der Waals surface area contributed by atoms with Gasteiger partial charge in [0.2, 0.25) is 0 Å². The average molecular weight is 296 g/mol. The highest BCUT2D eigenvalue weighted by Crippen LogP contribution is 2.35. The molecule has 1 aliphatic carbocycles. The molecule has 0 bridgehead atoms. The van der Waals surface area contributed by atoms with Crippen LogP contribution in [0.4, 0.5) is 5.13 Å². The molecule has 112 valence electrons. The SMILES string of the molecule is CC1CCCC(CNC(=O)c2csc(N)n2)(N(C)C)C1. The molecule has 6 heteroatoms. The minimum atomic E-state index is -0.127. The molecule has 0 spiro atoms. The van der Waals surface area contributed by atoms with Gasteiger partial charge >= 0.3 is 0 Å². The molecule has 1 amide bonds. The molecule has 2 unspecified atom stereocenters. The second kappa shape index (κ2) is 6.10. The zero-order chi connectivity index (χ0) is 14.8. The molecule has 1 aromatic heterocycles. The first kappa shape index (κ1) is 15.3. The Morgan fingerprint density at radius 1 is 1.65 bits per heavy atom. The Morgan fingerprint density at radius 2 is 2.40 bits per heavy atom. The summed E-state index contributed by atoms with van der Waals surface area (Å²) in [5.41, 5.74) is 6.05. The molecule has 0 aliphatic heterocycles. The fourth-order valence-electron chi connectivity index (χ4n) is 3.08. The van der Waals surface area contributed by atoms with Crippen LogP contribution in [0.15, 0.2) is 5.38 Å². The fourth-order valence-corrected chi connectivity index (χ4v) is 3.63. The highest BCUT2D eigenvalue weighted by Gasteiger charge is 2.37. The van der Waals surface area contributed by atoms with Gasteiger partial charge < -0.3 is 16.0 Å². The summed E-state index contributed by atoms with van der Waals surface area (Å²) in [4.78, 5) is 18.4. The first-order chi connectivity index (χ1) is 9.43. The standard InChI is InChI=1S/C14H24N4OS/c1-10-5-4-6-14(7-10,18(2)3)9-16-12(19)11-8-20-13(15)17-11/h8,10H,4-7,9H2,1-3H3,(H2,15,17)(H,16,19). The Morgan fingerprint density at radius 3 is 2.95 bits per heavy atom. The number of anilines is 1. The Kier molecular flexibility index (Phi) is 4.65. The van der Waals surface area contributed by atoms with Gasteiger partial charge in [0, 0.05) is 17.5 Å². The second-order valence-electron chi connectivity index (χ2n) is 6.07. The molecule has 0 aromatic carbocycles. The van der Waals surface area contributed by atoms with Gasteiger partial charge in [-0.15, -0.1) is 11.3 Å². The van der Waals surface area contributed by atoms with Crippen LogP contribution in [0.25, 0.3) is 0 Å². The summed E-state index contributed by atoms with van der Waals surface area (Å²) in [6, 6.07) is 0. The minimum Gasteiger partial charge on any atom is -0.375 e. The number of aromatic nitrogens is 1. The van der Waals surface area contributed by atoms with E-state index in [0.29, 0.717) is 23.3 Å². The highest BCUT2D eigenvalue weighted by molar-refractivity contribution is 7.13. The number of nitrogens with one attached hydrogen (secondary N) is 1. The number of likely N-dealkylation sites (N-methyl/N-ethyl adjacent to an activating group) is 1. The van der Waals surface area contributed by atoms with Crippen molar-refractivity contribution in [3.63, 3.8) is 0 Å². The predicted octanol–water partition coefficient (Wildman–Crippen LogP) is 1.97. The van der Waals surface area contributed by atoms with Crippen LogP contribution in [0.1, 0.15) is 43.1 Å². The van der Waals surface area contributed by atoms with Gasteiger partial charge in [-0.2, -0.15) is 0 Å². The Hall–Kier alpha value is -1.14. The van der Waals surface area contributed by atoms with Crippen molar-refractivity contribution in [1.82, 2.24) is 15.2 Å². The van der Waals surface area contributed by atoms with E-state index in [4.69, 9.17) is 5.73 Å². The zero-order valence-corrected chi connectivity index (χ0v) is 13.3. The summed E-state index contributed by atoms with van der Waals surface area (Å²) in [6.45, 7) is 2.96. The van der Waals surface area contributed by atoms with Crippen LogP contribution in [0.5, 0.6) is 0 Å². The van der Waals surface area contributed by atoms with Gasteiger partial charge in [-0.25, -0.2) is 4.98 Å². The molecule has 0 radical (unpaired) electrons. The molecule has 0 saturated heterocycles. The molecule has 5 nitrogen and oxygen atoms in total.